The molecule has 2 atom stereocenters. The van der Waals surface area contributed by atoms with Crippen LogP contribution in [0.1, 0.15) is 83.9 Å². The normalized spacial score (nSPS) is 18.9. The Morgan fingerprint density at radius 3 is 2.62 bits per heavy atom. The van der Waals surface area contributed by atoms with Crippen LogP contribution in [0, 0.1) is 0 Å². The second kappa shape index (κ2) is 12.6. The van der Waals surface area contributed by atoms with Crippen LogP contribution in [0.2, 0.25) is 0 Å². The molecule has 15 heteroatoms. The van der Waals surface area contributed by atoms with Gasteiger partial charge in [-0.1, -0.05) is 12.1 Å². The first-order chi connectivity index (χ1) is 21.7. The van der Waals surface area contributed by atoms with Gasteiger partial charge in [-0.25, -0.2) is 13.8 Å². The first-order valence-electron chi connectivity index (χ1n) is 14.8. The third-order valence-corrected chi connectivity index (χ3v) is 8.56. The molecular formula is C30H32F2N8O5. The molecule has 0 spiro atoms. The molecule has 236 valence electrons. The first kappa shape index (κ1) is 30.1. The average molecular weight is 623 g/mol. The molecular weight excluding hydrogens is 590 g/mol. The minimum absolute atomic E-state index is 0.0213. The van der Waals surface area contributed by atoms with Crippen LogP contribution >= 0.6 is 0 Å². The van der Waals surface area contributed by atoms with E-state index in [0.29, 0.717) is 16.7 Å². The molecule has 6 rings (SSSR count). The zero-order valence-electron chi connectivity index (χ0n) is 24.2. The Morgan fingerprint density at radius 2 is 1.96 bits per heavy atom. The number of imide groups is 1. The van der Waals surface area contributed by atoms with E-state index in [4.69, 9.17) is 0 Å². The number of aromatic nitrogens is 4. The number of nitrogens with one attached hydrogen (secondary N) is 3. The van der Waals surface area contributed by atoms with Crippen molar-refractivity contribution in [2.45, 2.75) is 82.7 Å². The lowest BCUT2D eigenvalue weighted by Gasteiger charge is -2.34. The summed E-state index contributed by atoms with van der Waals surface area (Å²) >= 11 is 0. The Bertz CT molecular complexity index is 1620. The largest absolute Gasteiger partial charge is 0.351 e. The number of hydrogen-bond acceptors (Lipinski definition) is 7. The number of aryl methyl sites for hydroxylation is 1. The number of halogens is 2. The van der Waals surface area contributed by atoms with E-state index in [1.54, 1.807) is 41.5 Å². The number of hydrogen-bond donors (Lipinski definition) is 3. The summed E-state index contributed by atoms with van der Waals surface area (Å²) in [6, 6.07) is 4.01. The highest BCUT2D eigenvalue weighted by Crippen LogP contribution is 2.31. The van der Waals surface area contributed by atoms with Gasteiger partial charge in [0.1, 0.15) is 11.7 Å². The molecule has 45 heavy (non-hydrogen) atoms. The number of fused-ring (bicyclic) bond motifs is 1. The number of piperidine rings is 1. The molecule has 4 heterocycles. The van der Waals surface area contributed by atoms with Gasteiger partial charge in [0.05, 0.1) is 12.0 Å². The van der Waals surface area contributed by atoms with Gasteiger partial charge < -0.3 is 19.7 Å². The number of aromatic amines is 1. The van der Waals surface area contributed by atoms with Gasteiger partial charge in [0.15, 0.2) is 6.04 Å². The van der Waals surface area contributed by atoms with E-state index < -0.39 is 41.9 Å². The lowest BCUT2D eigenvalue weighted by molar-refractivity contribution is -0.142. The smallest absolute Gasteiger partial charge is 0.282 e. The molecule has 2 aromatic heterocycles. The summed E-state index contributed by atoms with van der Waals surface area (Å²) in [5.41, 5.74) is 1.05. The van der Waals surface area contributed by atoms with Crippen molar-refractivity contribution in [3.8, 4) is 0 Å². The van der Waals surface area contributed by atoms with E-state index in [1.165, 1.54) is 9.80 Å². The number of benzene rings is 1. The summed E-state index contributed by atoms with van der Waals surface area (Å²) in [6.07, 6.45) is 4.77. The molecule has 1 aliphatic carbocycles. The van der Waals surface area contributed by atoms with Gasteiger partial charge >= 0.3 is 0 Å². The second-order valence-corrected chi connectivity index (χ2v) is 11.6. The fourth-order valence-electron chi connectivity index (χ4n) is 5.90. The van der Waals surface area contributed by atoms with Crippen molar-refractivity contribution in [1.29, 1.82) is 0 Å². The van der Waals surface area contributed by atoms with Crippen molar-refractivity contribution >= 4 is 29.5 Å². The van der Waals surface area contributed by atoms with Gasteiger partial charge in [-0.15, -0.1) is 0 Å². The van der Waals surface area contributed by atoms with E-state index in [-0.39, 0.29) is 62.4 Å². The maximum Gasteiger partial charge on any atom is 0.282 e. The molecule has 13 nitrogen and oxygen atoms in total. The number of amides is 5. The minimum atomic E-state index is -2.88. The van der Waals surface area contributed by atoms with Crippen LogP contribution in [0.3, 0.4) is 0 Å². The molecule has 5 amide bonds. The van der Waals surface area contributed by atoms with Crippen LogP contribution in [-0.2, 0) is 38.8 Å². The van der Waals surface area contributed by atoms with Crippen LogP contribution in [0.25, 0.3) is 0 Å². The predicted molar refractivity (Wildman–Crippen MR) is 152 cm³/mol. The van der Waals surface area contributed by atoms with Gasteiger partial charge in [-0.05, 0) is 48.9 Å². The number of rotatable bonds is 11. The lowest BCUT2D eigenvalue weighted by Crippen LogP contribution is -2.52. The van der Waals surface area contributed by atoms with Gasteiger partial charge in [0.2, 0.25) is 23.6 Å². The van der Waals surface area contributed by atoms with Crippen LogP contribution in [0.15, 0.2) is 43.0 Å². The molecule has 2 fully saturated rings. The fourth-order valence-corrected chi connectivity index (χ4v) is 5.90. The third-order valence-electron chi connectivity index (χ3n) is 8.56. The monoisotopic (exact) mass is 622 g/mol. The van der Waals surface area contributed by atoms with Crippen LogP contribution in [-0.4, -0.2) is 71.2 Å². The van der Waals surface area contributed by atoms with Crippen LogP contribution in [0.4, 0.5) is 8.78 Å². The van der Waals surface area contributed by atoms with Crippen molar-refractivity contribution in [2.75, 3.05) is 0 Å². The zero-order valence-corrected chi connectivity index (χ0v) is 24.2. The van der Waals surface area contributed by atoms with E-state index in [0.717, 1.165) is 25.3 Å². The van der Waals surface area contributed by atoms with E-state index >= 15 is 0 Å². The number of nitrogens with zero attached hydrogens (tertiary/aromatic N) is 5. The zero-order chi connectivity index (χ0) is 31.7. The summed E-state index contributed by atoms with van der Waals surface area (Å²) in [4.78, 5) is 71.9. The summed E-state index contributed by atoms with van der Waals surface area (Å²) in [5.74, 6) is -2.24. The molecule has 3 aromatic rings. The summed E-state index contributed by atoms with van der Waals surface area (Å²) in [6.45, 7) is 0.333. The topological polar surface area (TPSA) is 162 Å². The quantitative estimate of drug-likeness (QED) is 0.276. The van der Waals surface area contributed by atoms with E-state index in [2.05, 4.69) is 25.8 Å². The molecule has 1 aromatic carbocycles. The highest BCUT2D eigenvalue weighted by molar-refractivity contribution is 6.05. The number of imidazole rings is 1. The number of carbonyl (C=O) groups is 5. The van der Waals surface area contributed by atoms with Gasteiger partial charge in [0.25, 0.3) is 12.3 Å². The number of H-pyrrole nitrogens is 1. The van der Waals surface area contributed by atoms with E-state index in [9.17, 15) is 32.8 Å². The standard InChI is InChI=1S/C30H32F2N8O5/c31-27(32)22-13-21(36-37-22)26(29(44)34-19-2-1-3-19)40(25(42)8-10-38-11-9-33-16-38)14-17-4-5-18-15-39(30(45)20(18)12-17)23-6-7-24(41)35-28(23)43/h4-5,9,11-13,16,19,23,26-27H,1-3,6-8,10,14-15H2,(H,34,44)(H,36,37)(H,35,41,43). The summed E-state index contributed by atoms with van der Waals surface area (Å²) in [5, 5.41) is 11.4. The number of alkyl halides is 2. The van der Waals surface area contributed by atoms with Crippen molar-refractivity contribution in [2.24, 2.45) is 0 Å². The molecule has 1 saturated heterocycles. The molecule has 3 N–H and O–H groups in total. The molecule has 1 saturated carbocycles. The highest BCUT2D eigenvalue weighted by Gasteiger charge is 2.40. The summed E-state index contributed by atoms with van der Waals surface area (Å²) in [7, 11) is 0. The average Bonchev–Trinajstić information content (AvgIpc) is 3.75. The van der Waals surface area contributed by atoms with Crippen molar-refractivity contribution < 1.29 is 32.8 Å². The van der Waals surface area contributed by atoms with Gasteiger partial charge in [-0.3, -0.25) is 34.4 Å². The third kappa shape index (κ3) is 6.33. The predicted octanol–water partition coefficient (Wildman–Crippen LogP) is 2.13. The van der Waals surface area contributed by atoms with Gasteiger partial charge in [-0.2, -0.15) is 5.10 Å². The fraction of sp³-hybridized carbons (Fsp3) is 0.433. The Labute approximate surface area is 256 Å². The van der Waals surface area contributed by atoms with Crippen molar-refractivity contribution in [3.05, 3.63) is 71.1 Å². The lowest BCUT2D eigenvalue weighted by atomic mass is 9.92. The first-order valence-corrected chi connectivity index (χ1v) is 14.8. The summed E-state index contributed by atoms with van der Waals surface area (Å²) < 4.78 is 28.8. The van der Waals surface area contributed by atoms with Gasteiger partial charge in [0, 0.05) is 56.5 Å². The van der Waals surface area contributed by atoms with Crippen LogP contribution in [0.5, 0.6) is 0 Å². The van der Waals surface area contributed by atoms with Crippen LogP contribution < -0.4 is 10.6 Å². The molecule has 3 aliphatic rings. The Hall–Kier alpha value is -4.95. The molecule has 0 bridgehead atoms. The minimum Gasteiger partial charge on any atom is -0.351 e. The SMILES string of the molecule is O=C1CCC(N2Cc3ccc(CN(C(=O)CCn4ccnc4)C(C(=O)NC4CCC4)c4cc(C(F)F)n[nH]4)cc3C2=O)C(=O)N1. The van der Waals surface area contributed by atoms with Crippen molar-refractivity contribution in [3.63, 3.8) is 0 Å². The number of carbonyl (C=O) groups excluding carboxylic acids is 5. The van der Waals surface area contributed by atoms with E-state index in [1.807, 2.05) is 0 Å². The maximum atomic E-state index is 13.9. The Balaban J connectivity index is 1.30. The molecule has 0 radical (unpaired) electrons. The maximum absolute atomic E-state index is 13.9. The highest BCUT2D eigenvalue weighted by atomic mass is 19.3. The Kier molecular flexibility index (Phi) is 8.41. The van der Waals surface area contributed by atoms with Crippen molar-refractivity contribution in [1.82, 2.24) is 40.2 Å². The molecule has 2 unspecified atom stereocenters. The Morgan fingerprint density at radius 1 is 1.13 bits per heavy atom. The second-order valence-electron chi connectivity index (χ2n) is 11.6. The molecule has 2 aliphatic heterocycles.